The van der Waals surface area contributed by atoms with Crippen LogP contribution in [0.25, 0.3) is 11.0 Å². The zero-order valence-corrected chi connectivity index (χ0v) is 15.9. The Kier molecular flexibility index (Phi) is 4.78. The van der Waals surface area contributed by atoms with E-state index in [9.17, 15) is 4.79 Å². The van der Waals surface area contributed by atoms with Crippen molar-refractivity contribution in [2.75, 3.05) is 20.2 Å². The molecule has 1 aromatic carbocycles. The van der Waals surface area contributed by atoms with Gasteiger partial charge in [0.05, 0.1) is 22.0 Å². The largest absolute Gasteiger partial charge is 0.373 e. The molecular formula is C20H23N3O2S. The monoisotopic (exact) mass is 369 g/mol. The lowest BCUT2D eigenvalue weighted by molar-refractivity contribution is 0.0801. The topological polar surface area (TPSA) is 58.2 Å². The molecule has 0 aliphatic carbocycles. The number of aryl methyl sites for hydroxylation is 1. The molecule has 136 valence electrons. The molecular weight excluding hydrogens is 346 g/mol. The molecule has 0 bridgehead atoms. The number of rotatable bonds is 5. The predicted molar refractivity (Wildman–Crippen MR) is 104 cm³/mol. The maximum atomic E-state index is 12.7. The van der Waals surface area contributed by atoms with Gasteiger partial charge in [-0.25, -0.2) is 4.98 Å². The van der Waals surface area contributed by atoms with E-state index in [1.807, 2.05) is 31.3 Å². The zero-order valence-electron chi connectivity index (χ0n) is 15.1. The second-order valence-electron chi connectivity index (χ2n) is 6.83. The number of amides is 1. The fourth-order valence-electron chi connectivity index (χ4n) is 3.35. The lowest BCUT2D eigenvalue weighted by Gasteiger charge is -2.15. The number of para-hydroxylation sites is 1. The summed E-state index contributed by atoms with van der Waals surface area (Å²) >= 11 is 1.55. The van der Waals surface area contributed by atoms with Gasteiger partial charge in [-0.2, -0.15) is 0 Å². The molecule has 1 unspecified atom stereocenters. The third-order valence-electron chi connectivity index (χ3n) is 4.88. The number of aromatic nitrogens is 2. The van der Waals surface area contributed by atoms with E-state index in [2.05, 4.69) is 23.0 Å². The van der Waals surface area contributed by atoms with Gasteiger partial charge in [0.15, 0.2) is 0 Å². The fourth-order valence-corrected chi connectivity index (χ4v) is 4.44. The van der Waals surface area contributed by atoms with Crippen molar-refractivity contribution in [1.29, 1.82) is 0 Å². The SMILES string of the molecule is Cc1cccc2[nH]c(CCN(C)C(=O)c3ccc(C4CCCO4)s3)nc12. The maximum Gasteiger partial charge on any atom is 0.263 e. The number of aromatic amines is 1. The highest BCUT2D eigenvalue weighted by molar-refractivity contribution is 7.14. The molecule has 3 heterocycles. The van der Waals surface area contributed by atoms with Crippen LogP contribution in [0.1, 0.15) is 44.9 Å². The molecule has 1 amide bonds. The number of imidazole rings is 1. The van der Waals surface area contributed by atoms with Gasteiger partial charge in [0.2, 0.25) is 0 Å². The van der Waals surface area contributed by atoms with Crippen molar-refractivity contribution in [1.82, 2.24) is 14.9 Å². The van der Waals surface area contributed by atoms with Crippen molar-refractivity contribution >= 4 is 28.3 Å². The predicted octanol–water partition coefficient (Wildman–Crippen LogP) is 4.10. The number of carbonyl (C=O) groups excluding carboxylic acids is 1. The van der Waals surface area contributed by atoms with Crippen molar-refractivity contribution in [2.24, 2.45) is 0 Å². The molecule has 3 aromatic rings. The third kappa shape index (κ3) is 3.39. The van der Waals surface area contributed by atoms with E-state index in [0.717, 1.165) is 51.6 Å². The molecule has 0 saturated carbocycles. The summed E-state index contributed by atoms with van der Waals surface area (Å²) in [6, 6.07) is 10.1. The molecule has 1 aliphatic heterocycles. The number of thiophene rings is 1. The Labute approximate surface area is 157 Å². The van der Waals surface area contributed by atoms with Crippen LogP contribution in [0.5, 0.6) is 0 Å². The minimum atomic E-state index is 0.0616. The first kappa shape index (κ1) is 17.2. The van der Waals surface area contributed by atoms with Gasteiger partial charge in [-0.15, -0.1) is 11.3 Å². The number of carbonyl (C=O) groups is 1. The number of ether oxygens (including phenoxy) is 1. The second kappa shape index (κ2) is 7.21. The highest BCUT2D eigenvalue weighted by Crippen LogP contribution is 2.33. The number of benzene rings is 1. The molecule has 1 atom stereocenters. The first-order valence-corrected chi connectivity index (χ1v) is 9.84. The number of hydrogen-bond donors (Lipinski definition) is 1. The molecule has 1 aliphatic rings. The summed E-state index contributed by atoms with van der Waals surface area (Å²) in [6.45, 7) is 3.51. The maximum absolute atomic E-state index is 12.7. The number of nitrogens with one attached hydrogen (secondary N) is 1. The van der Waals surface area contributed by atoms with Gasteiger partial charge in [0, 0.05) is 31.5 Å². The van der Waals surface area contributed by atoms with Crippen LogP contribution in [0, 0.1) is 6.92 Å². The highest BCUT2D eigenvalue weighted by Gasteiger charge is 2.22. The van der Waals surface area contributed by atoms with E-state index in [1.54, 1.807) is 16.2 Å². The summed E-state index contributed by atoms with van der Waals surface area (Å²) in [7, 11) is 1.85. The number of fused-ring (bicyclic) bond motifs is 1. The average Bonchev–Trinajstić information content (AvgIpc) is 3.38. The van der Waals surface area contributed by atoms with E-state index >= 15 is 0 Å². The van der Waals surface area contributed by atoms with Crippen LogP contribution in [0.15, 0.2) is 30.3 Å². The van der Waals surface area contributed by atoms with Gasteiger partial charge in [0.1, 0.15) is 5.82 Å². The molecule has 1 N–H and O–H groups in total. The Morgan fingerprint density at radius 2 is 2.27 bits per heavy atom. The summed E-state index contributed by atoms with van der Waals surface area (Å²) in [6.07, 6.45) is 3.03. The van der Waals surface area contributed by atoms with Gasteiger partial charge in [0.25, 0.3) is 5.91 Å². The number of nitrogens with zero attached hydrogens (tertiary/aromatic N) is 2. The Morgan fingerprint density at radius 3 is 3.04 bits per heavy atom. The van der Waals surface area contributed by atoms with E-state index in [4.69, 9.17) is 4.74 Å². The van der Waals surface area contributed by atoms with Crippen LogP contribution in [0.4, 0.5) is 0 Å². The van der Waals surface area contributed by atoms with Gasteiger partial charge in [-0.05, 0) is 43.5 Å². The minimum absolute atomic E-state index is 0.0616. The second-order valence-corrected chi connectivity index (χ2v) is 7.95. The van der Waals surface area contributed by atoms with E-state index < -0.39 is 0 Å². The van der Waals surface area contributed by atoms with E-state index in [-0.39, 0.29) is 12.0 Å². The van der Waals surface area contributed by atoms with Crippen molar-refractivity contribution in [3.8, 4) is 0 Å². The molecule has 4 rings (SSSR count). The molecule has 26 heavy (non-hydrogen) atoms. The summed E-state index contributed by atoms with van der Waals surface area (Å²) < 4.78 is 5.71. The minimum Gasteiger partial charge on any atom is -0.373 e. The summed E-state index contributed by atoms with van der Waals surface area (Å²) in [4.78, 5) is 24.4. The van der Waals surface area contributed by atoms with Crippen molar-refractivity contribution in [3.05, 3.63) is 51.5 Å². The van der Waals surface area contributed by atoms with E-state index in [0.29, 0.717) is 13.0 Å². The summed E-state index contributed by atoms with van der Waals surface area (Å²) in [5, 5.41) is 0. The molecule has 2 aromatic heterocycles. The van der Waals surface area contributed by atoms with Crippen LogP contribution in [-0.4, -0.2) is 41.0 Å². The third-order valence-corrected chi connectivity index (χ3v) is 6.04. The van der Waals surface area contributed by atoms with Gasteiger partial charge >= 0.3 is 0 Å². The van der Waals surface area contributed by atoms with Crippen LogP contribution in [-0.2, 0) is 11.2 Å². The number of likely N-dealkylation sites (N-methyl/N-ethyl adjacent to an activating group) is 1. The molecule has 1 fully saturated rings. The Hall–Kier alpha value is -2.18. The van der Waals surface area contributed by atoms with Crippen LogP contribution < -0.4 is 0 Å². The summed E-state index contributed by atoms with van der Waals surface area (Å²) in [5.74, 6) is 0.978. The Balaban J connectivity index is 1.40. The smallest absolute Gasteiger partial charge is 0.263 e. The van der Waals surface area contributed by atoms with Crippen LogP contribution >= 0.6 is 11.3 Å². The number of hydrogen-bond acceptors (Lipinski definition) is 4. The first-order valence-electron chi connectivity index (χ1n) is 9.03. The molecule has 0 spiro atoms. The standard InChI is InChI=1S/C20H23N3O2S/c1-13-5-3-6-14-19(13)22-18(21-14)10-11-23(2)20(24)17-9-8-16(26-17)15-7-4-12-25-15/h3,5-6,8-9,15H,4,7,10-12H2,1-2H3,(H,21,22). The lowest BCUT2D eigenvalue weighted by atomic mass is 10.2. The normalized spacial score (nSPS) is 17.1. The van der Waals surface area contributed by atoms with Crippen molar-refractivity contribution in [2.45, 2.75) is 32.3 Å². The quantitative estimate of drug-likeness (QED) is 0.737. The van der Waals surface area contributed by atoms with Gasteiger partial charge < -0.3 is 14.6 Å². The van der Waals surface area contributed by atoms with Crippen molar-refractivity contribution < 1.29 is 9.53 Å². The summed E-state index contributed by atoms with van der Waals surface area (Å²) in [5.41, 5.74) is 3.22. The zero-order chi connectivity index (χ0) is 18.1. The fraction of sp³-hybridized carbons (Fsp3) is 0.400. The van der Waals surface area contributed by atoms with Crippen molar-refractivity contribution in [3.63, 3.8) is 0 Å². The number of H-pyrrole nitrogens is 1. The molecule has 1 saturated heterocycles. The molecule has 6 heteroatoms. The van der Waals surface area contributed by atoms with Crippen LogP contribution in [0.2, 0.25) is 0 Å². The highest BCUT2D eigenvalue weighted by atomic mass is 32.1. The average molecular weight is 369 g/mol. The van der Waals surface area contributed by atoms with E-state index in [1.165, 1.54) is 0 Å². The first-order chi connectivity index (χ1) is 12.6. The van der Waals surface area contributed by atoms with Gasteiger partial charge in [-0.1, -0.05) is 12.1 Å². The van der Waals surface area contributed by atoms with Gasteiger partial charge in [-0.3, -0.25) is 4.79 Å². The molecule has 0 radical (unpaired) electrons. The lowest BCUT2D eigenvalue weighted by Crippen LogP contribution is -2.28. The van der Waals surface area contributed by atoms with Crippen LogP contribution in [0.3, 0.4) is 0 Å². The Morgan fingerprint density at radius 1 is 1.38 bits per heavy atom. The Bertz CT molecular complexity index is 924. The molecule has 5 nitrogen and oxygen atoms in total.